The van der Waals surface area contributed by atoms with Crippen molar-refractivity contribution in [1.82, 2.24) is 9.80 Å². The van der Waals surface area contributed by atoms with Gasteiger partial charge in [0.2, 0.25) is 5.54 Å². The van der Waals surface area contributed by atoms with Gasteiger partial charge in [-0.3, -0.25) is 14.6 Å². The number of amidine groups is 1. The highest BCUT2D eigenvalue weighted by atomic mass is 16.3. The van der Waals surface area contributed by atoms with E-state index in [1.165, 1.54) is 25.3 Å². The molecule has 0 bridgehead atoms. The van der Waals surface area contributed by atoms with E-state index in [4.69, 9.17) is 5.11 Å². The molecule has 16 heavy (non-hydrogen) atoms. The van der Waals surface area contributed by atoms with Gasteiger partial charge in [-0.05, 0) is 0 Å². The first-order valence-corrected chi connectivity index (χ1v) is 4.83. The number of urea groups is 1. The summed E-state index contributed by atoms with van der Waals surface area (Å²) in [7, 11) is 2.93. The normalized spacial score (nSPS) is 28.6. The molecule has 0 aromatic carbocycles. The third-order valence-corrected chi connectivity index (χ3v) is 2.85. The van der Waals surface area contributed by atoms with Crippen molar-refractivity contribution in [3.05, 3.63) is 0 Å². The quantitative estimate of drug-likeness (QED) is 0.657. The van der Waals surface area contributed by atoms with Gasteiger partial charge in [-0.1, -0.05) is 0 Å². The molecule has 0 aliphatic carbocycles. The smallest absolute Gasteiger partial charge is 0.331 e. The summed E-state index contributed by atoms with van der Waals surface area (Å²) in [4.78, 5) is 33.9. The van der Waals surface area contributed by atoms with Gasteiger partial charge in [0.25, 0.3) is 5.91 Å². The molecule has 2 heterocycles. The molecule has 0 radical (unpaired) electrons. The Labute approximate surface area is 92.1 Å². The largest absolute Gasteiger partial charge is 0.396 e. The van der Waals surface area contributed by atoms with Crippen LogP contribution in [-0.4, -0.2) is 65.3 Å². The number of hydrogen-bond acceptors (Lipinski definition) is 5. The zero-order valence-electron chi connectivity index (χ0n) is 9.04. The number of nitrogens with zero attached hydrogens (tertiary/aromatic N) is 4. The molecule has 7 nitrogen and oxygen atoms in total. The van der Waals surface area contributed by atoms with Crippen molar-refractivity contribution in [3.8, 4) is 0 Å². The Kier molecular flexibility index (Phi) is 2.27. The van der Waals surface area contributed by atoms with Gasteiger partial charge < -0.3 is 5.11 Å². The minimum atomic E-state index is -1.22. The van der Waals surface area contributed by atoms with E-state index in [-0.39, 0.29) is 18.9 Å². The number of aliphatic hydroxyl groups excluding tert-OH is 1. The number of aliphatic imine (C=N–C) groups is 2. The third kappa shape index (κ3) is 1.12. The van der Waals surface area contributed by atoms with Crippen LogP contribution in [0.2, 0.25) is 0 Å². The molecule has 2 rings (SSSR count). The molecule has 1 saturated heterocycles. The molecule has 1 atom stereocenters. The topological polar surface area (TPSA) is 85.6 Å². The summed E-state index contributed by atoms with van der Waals surface area (Å²) in [6.07, 6.45) is 1.38. The van der Waals surface area contributed by atoms with Crippen molar-refractivity contribution >= 4 is 24.1 Å². The standard InChI is InChI=1S/C9H12N4O3/c1-12-6-9(3-4-14,11-5-10-6)7(15)13(2)8(12)16/h5,14H,3-4H2,1-2H3. The Bertz CT molecular complexity index is 417. The van der Waals surface area contributed by atoms with Crippen LogP contribution in [0.4, 0.5) is 4.79 Å². The summed E-state index contributed by atoms with van der Waals surface area (Å²) in [6, 6.07) is -0.442. The van der Waals surface area contributed by atoms with E-state index in [1.54, 1.807) is 0 Å². The van der Waals surface area contributed by atoms with E-state index in [0.717, 1.165) is 4.90 Å². The highest BCUT2D eigenvalue weighted by molar-refractivity contribution is 6.26. The molecule has 0 aromatic heterocycles. The molecular weight excluding hydrogens is 212 g/mol. The SMILES string of the molecule is CN1C(=O)N(C)C2=NC=NC2(CCO)C1=O. The van der Waals surface area contributed by atoms with Gasteiger partial charge in [0.15, 0.2) is 5.84 Å². The van der Waals surface area contributed by atoms with E-state index >= 15 is 0 Å². The summed E-state index contributed by atoms with van der Waals surface area (Å²) in [6.45, 7) is -0.196. The van der Waals surface area contributed by atoms with E-state index < -0.39 is 17.5 Å². The molecule has 2 aliphatic rings. The maximum atomic E-state index is 12.0. The van der Waals surface area contributed by atoms with Crippen molar-refractivity contribution in [2.24, 2.45) is 9.98 Å². The second-order valence-electron chi connectivity index (χ2n) is 3.74. The number of carbonyl (C=O) groups excluding carboxylic acids is 2. The fourth-order valence-electron chi connectivity index (χ4n) is 1.99. The van der Waals surface area contributed by atoms with Crippen LogP contribution in [0.5, 0.6) is 0 Å². The van der Waals surface area contributed by atoms with E-state index in [1.807, 2.05) is 0 Å². The third-order valence-electron chi connectivity index (χ3n) is 2.85. The van der Waals surface area contributed by atoms with Gasteiger partial charge >= 0.3 is 6.03 Å². The van der Waals surface area contributed by atoms with Gasteiger partial charge in [0.1, 0.15) is 6.34 Å². The number of hydrogen-bond donors (Lipinski definition) is 1. The fraction of sp³-hybridized carbons (Fsp3) is 0.556. The van der Waals surface area contributed by atoms with Crippen molar-refractivity contribution in [2.75, 3.05) is 20.7 Å². The molecule has 0 spiro atoms. The van der Waals surface area contributed by atoms with Crippen LogP contribution in [0.3, 0.4) is 0 Å². The molecule has 0 aromatic rings. The summed E-state index contributed by atoms with van der Waals surface area (Å²) in [5.41, 5.74) is -1.22. The zero-order valence-corrected chi connectivity index (χ0v) is 9.04. The summed E-state index contributed by atoms with van der Waals surface area (Å²) in [5, 5.41) is 9.01. The molecule has 7 heteroatoms. The molecular formula is C9H12N4O3. The predicted octanol–water partition coefficient (Wildman–Crippen LogP) is -0.928. The first-order chi connectivity index (χ1) is 7.54. The Morgan fingerprint density at radius 3 is 2.69 bits per heavy atom. The summed E-state index contributed by atoms with van der Waals surface area (Å²) >= 11 is 0. The molecule has 0 saturated carbocycles. The number of imide groups is 1. The van der Waals surface area contributed by atoms with Crippen LogP contribution in [0, 0.1) is 0 Å². The van der Waals surface area contributed by atoms with Crippen LogP contribution in [-0.2, 0) is 4.79 Å². The maximum Gasteiger partial charge on any atom is 0.331 e. The molecule has 2 aliphatic heterocycles. The number of carbonyl (C=O) groups is 2. The minimum Gasteiger partial charge on any atom is -0.396 e. The first kappa shape index (κ1) is 10.7. The van der Waals surface area contributed by atoms with Gasteiger partial charge in [0.05, 0.1) is 0 Å². The van der Waals surface area contributed by atoms with Gasteiger partial charge in [-0.25, -0.2) is 14.8 Å². The van der Waals surface area contributed by atoms with E-state index in [2.05, 4.69) is 9.98 Å². The van der Waals surface area contributed by atoms with Gasteiger partial charge in [-0.15, -0.1) is 0 Å². The van der Waals surface area contributed by atoms with Crippen LogP contribution < -0.4 is 0 Å². The highest BCUT2D eigenvalue weighted by Gasteiger charge is 2.54. The Balaban J connectivity index is 2.49. The zero-order chi connectivity index (χ0) is 11.9. The second kappa shape index (κ2) is 3.38. The second-order valence-corrected chi connectivity index (χ2v) is 3.74. The lowest BCUT2D eigenvalue weighted by atomic mass is 9.91. The predicted molar refractivity (Wildman–Crippen MR) is 56.3 cm³/mol. The average Bonchev–Trinajstić information content (AvgIpc) is 2.69. The molecule has 1 N–H and O–H groups in total. The van der Waals surface area contributed by atoms with Crippen molar-refractivity contribution < 1.29 is 14.7 Å². The minimum absolute atomic E-state index is 0.128. The Morgan fingerprint density at radius 2 is 2.06 bits per heavy atom. The van der Waals surface area contributed by atoms with Crippen molar-refractivity contribution in [2.45, 2.75) is 12.0 Å². The number of likely N-dealkylation sites (N-methyl/N-ethyl adjacent to an activating group) is 2. The molecule has 86 valence electrons. The first-order valence-electron chi connectivity index (χ1n) is 4.83. The van der Waals surface area contributed by atoms with Gasteiger partial charge in [0, 0.05) is 27.1 Å². The highest BCUT2D eigenvalue weighted by Crippen LogP contribution is 2.30. The Morgan fingerprint density at radius 1 is 1.38 bits per heavy atom. The lowest BCUT2D eigenvalue weighted by Gasteiger charge is -2.39. The average molecular weight is 224 g/mol. The van der Waals surface area contributed by atoms with Gasteiger partial charge in [-0.2, -0.15) is 0 Å². The Hall–Kier alpha value is -1.76. The number of rotatable bonds is 2. The lowest BCUT2D eigenvalue weighted by molar-refractivity contribution is -0.132. The van der Waals surface area contributed by atoms with Crippen LogP contribution in [0.25, 0.3) is 0 Å². The lowest BCUT2D eigenvalue weighted by Crippen LogP contribution is -2.65. The maximum absolute atomic E-state index is 12.0. The molecule has 3 amide bonds. The number of fused-ring (bicyclic) bond motifs is 1. The van der Waals surface area contributed by atoms with Crippen LogP contribution >= 0.6 is 0 Å². The van der Waals surface area contributed by atoms with Crippen LogP contribution in [0.1, 0.15) is 6.42 Å². The van der Waals surface area contributed by atoms with E-state index in [0.29, 0.717) is 0 Å². The summed E-state index contributed by atoms with van der Waals surface area (Å²) in [5.74, 6) is -0.160. The van der Waals surface area contributed by atoms with Crippen molar-refractivity contribution in [3.63, 3.8) is 0 Å². The molecule has 1 unspecified atom stereocenters. The van der Waals surface area contributed by atoms with Crippen LogP contribution in [0.15, 0.2) is 9.98 Å². The monoisotopic (exact) mass is 224 g/mol. The fourth-order valence-corrected chi connectivity index (χ4v) is 1.99. The number of amides is 3. The summed E-state index contributed by atoms with van der Waals surface area (Å²) < 4.78 is 0. The number of aliphatic hydroxyl groups is 1. The van der Waals surface area contributed by atoms with E-state index in [9.17, 15) is 9.59 Å². The van der Waals surface area contributed by atoms with Crippen molar-refractivity contribution in [1.29, 1.82) is 0 Å². The molecule has 1 fully saturated rings.